The number of nitrogens with zero attached hydrogens (tertiary/aromatic N) is 1. The highest BCUT2D eigenvalue weighted by Crippen LogP contribution is 2.36. The Bertz CT molecular complexity index is 936. The molecule has 2 aromatic carbocycles. The van der Waals surface area contributed by atoms with Crippen molar-refractivity contribution < 1.29 is 14.7 Å². The van der Waals surface area contributed by atoms with Crippen LogP contribution in [0.5, 0.6) is 0 Å². The Morgan fingerprint density at radius 1 is 1.19 bits per heavy atom. The maximum Gasteiger partial charge on any atom is 0.224 e. The number of hydrogen-bond donors (Lipinski definition) is 3. The number of carbonyl (C=O) groups is 2. The second-order valence-corrected chi connectivity index (χ2v) is 8.91. The summed E-state index contributed by atoms with van der Waals surface area (Å²) in [5.41, 5.74) is 8.70. The molecule has 4 N–H and O–H groups in total. The molecule has 1 fully saturated rings. The van der Waals surface area contributed by atoms with Crippen LogP contribution in [0.15, 0.2) is 42.5 Å². The molecule has 166 valence electrons. The predicted molar refractivity (Wildman–Crippen MR) is 123 cm³/mol. The van der Waals surface area contributed by atoms with E-state index in [9.17, 15) is 14.7 Å². The second-order valence-electron chi connectivity index (χ2n) is 8.06. The molecule has 6 nitrogen and oxygen atoms in total. The first-order valence-electron chi connectivity index (χ1n) is 10.2. The van der Waals surface area contributed by atoms with E-state index in [1.807, 2.05) is 36.4 Å². The third-order valence-electron chi connectivity index (χ3n) is 5.61. The molecule has 0 aromatic heterocycles. The third kappa shape index (κ3) is 6.20. The number of carbonyl (C=O) groups excluding carboxylic acids is 2. The average molecular weight is 464 g/mol. The average Bonchev–Trinajstić information content (AvgIpc) is 3.15. The standard InChI is InChI=1S/C23H27Cl2N3O3/c1-14(30)27-22-9-16(4-7-21(22)25)20-12-28(11-17(20)13-29)23(31)10-19(26)8-15-2-5-18(24)6-3-15/h2-7,9,17,19-20,29H,8,10-13,26H2,1H3,(H,27,30)/t17-,19-,20-/m1/s1. The van der Waals surface area contributed by atoms with Crippen molar-refractivity contribution in [1.29, 1.82) is 0 Å². The van der Waals surface area contributed by atoms with Crippen LogP contribution in [0.2, 0.25) is 10.0 Å². The Morgan fingerprint density at radius 3 is 2.55 bits per heavy atom. The summed E-state index contributed by atoms with van der Waals surface area (Å²) in [5.74, 6) is -0.386. The zero-order valence-corrected chi connectivity index (χ0v) is 18.9. The molecule has 3 atom stereocenters. The van der Waals surface area contributed by atoms with E-state index in [4.69, 9.17) is 28.9 Å². The molecule has 2 amide bonds. The molecule has 0 spiro atoms. The van der Waals surface area contributed by atoms with Gasteiger partial charge in [0.15, 0.2) is 0 Å². The molecule has 3 rings (SSSR count). The number of likely N-dealkylation sites (tertiary alicyclic amines) is 1. The molecule has 2 aromatic rings. The lowest BCUT2D eigenvalue weighted by Crippen LogP contribution is -2.35. The zero-order valence-electron chi connectivity index (χ0n) is 17.4. The summed E-state index contributed by atoms with van der Waals surface area (Å²) in [6, 6.07) is 12.6. The summed E-state index contributed by atoms with van der Waals surface area (Å²) in [6.45, 7) is 2.33. The van der Waals surface area contributed by atoms with E-state index >= 15 is 0 Å². The van der Waals surface area contributed by atoms with E-state index in [1.165, 1.54) is 6.92 Å². The highest BCUT2D eigenvalue weighted by Gasteiger charge is 2.36. The molecule has 1 aliphatic rings. The van der Waals surface area contributed by atoms with Crippen LogP contribution in [0.25, 0.3) is 0 Å². The molecule has 31 heavy (non-hydrogen) atoms. The fourth-order valence-corrected chi connectivity index (χ4v) is 4.34. The van der Waals surface area contributed by atoms with E-state index in [2.05, 4.69) is 5.32 Å². The summed E-state index contributed by atoms with van der Waals surface area (Å²) in [6.07, 6.45) is 0.812. The Labute approximate surface area is 192 Å². The van der Waals surface area contributed by atoms with Crippen molar-refractivity contribution in [2.24, 2.45) is 11.7 Å². The van der Waals surface area contributed by atoms with Crippen LogP contribution in [-0.2, 0) is 16.0 Å². The fraction of sp³-hybridized carbons (Fsp3) is 0.391. The molecule has 0 aliphatic carbocycles. The minimum Gasteiger partial charge on any atom is -0.396 e. The van der Waals surface area contributed by atoms with Crippen molar-refractivity contribution in [3.05, 3.63) is 63.6 Å². The van der Waals surface area contributed by atoms with Crippen molar-refractivity contribution in [3.63, 3.8) is 0 Å². The molecule has 1 heterocycles. The fourth-order valence-electron chi connectivity index (χ4n) is 4.05. The number of halogens is 2. The molecule has 0 saturated carbocycles. The lowest BCUT2D eigenvalue weighted by molar-refractivity contribution is -0.130. The van der Waals surface area contributed by atoms with Crippen molar-refractivity contribution in [1.82, 2.24) is 4.90 Å². The molecule has 0 bridgehead atoms. The number of nitrogens with two attached hydrogens (primary N) is 1. The van der Waals surface area contributed by atoms with Gasteiger partial charge in [-0.1, -0.05) is 41.4 Å². The van der Waals surface area contributed by atoms with Crippen molar-refractivity contribution in [2.45, 2.75) is 31.7 Å². The van der Waals surface area contributed by atoms with E-state index < -0.39 is 0 Å². The van der Waals surface area contributed by atoms with E-state index in [0.29, 0.717) is 35.2 Å². The van der Waals surface area contributed by atoms with Crippen LogP contribution >= 0.6 is 23.2 Å². The summed E-state index contributed by atoms with van der Waals surface area (Å²) in [4.78, 5) is 26.1. The summed E-state index contributed by atoms with van der Waals surface area (Å²) in [7, 11) is 0. The van der Waals surface area contributed by atoms with Gasteiger partial charge in [-0.2, -0.15) is 0 Å². The van der Waals surface area contributed by atoms with Crippen LogP contribution in [0.3, 0.4) is 0 Å². The van der Waals surface area contributed by atoms with Crippen LogP contribution in [0, 0.1) is 5.92 Å². The highest BCUT2D eigenvalue weighted by atomic mass is 35.5. The third-order valence-corrected chi connectivity index (χ3v) is 6.19. The van der Waals surface area contributed by atoms with Gasteiger partial charge in [-0.05, 0) is 41.8 Å². The SMILES string of the molecule is CC(=O)Nc1cc([C@H]2CN(C(=O)C[C@H](N)Cc3ccc(Cl)cc3)C[C@@H]2CO)ccc1Cl. The first-order valence-corrected chi connectivity index (χ1v) is 11.0. The first-order chi connectivity index (χ1) is 14.8. The Kier molecular flexibility index (Phi) is 7.94. The highest BCUT2D eigenvalue weighted by molar-refractivity contribution is 6.33. The Balaban J connectivity index is 1.65. The smallest absolute Gasteiger partial charge is 0.224 e. The number of nitrogens with one attached hydrogen (secondary N) is 1. The topological polar surface area (TPSA) is 95.7 Å². The molecule has 0 unspecified atom stereocenters. The van der Waals surface area contributed by atoms with E-state index in [1.54, 1.807) is 11.0 Å². The molecule has 1 saturated heterocycles. The minimum absolute atomic E-state index is 0.0292. The van der Waals surface area contributed by atoms with Gasteiger partial charge in [0, 0.05) is 55.9 Å². The monoisotopic (exact) mass is 463 g/mol. The quantitative estimate of drug-likeness (QED) is 0.585. The van der Waals surface area contributed by atoms with E-state index in [-0.39, 0.29) is 42.7 Å². The maximum absolute atomic E-state index is 12.9. The molecule has 8 heteroatoms. The van der Waals surface area contributed by atoms with Gasteiger partial charge in [0.25, 0.3) is 0 Å². The normalized spacial score (nSPS) is 19.3. The lowest BCUT2D eigenvalue weighted by Gasteiger charge is -2.20. The van der Waals surface area contributed by atoms with Gasteiger partial charge < -0.3 is 21.1 Å². The van der Waals surface area contributed by atoms with Crippen molar-refractivity contribution in [3.8, 4) is 0 Å². The number of anilines is 1. The van der Waals surface area contributed by atoms with Crippen molar-refractivity contribution in [2.75, 3.05) is 25.0 Å². The zero-order chi connectivity index (χ0) is 22.5. The number of benzene rings is 2. The van der Waals surface area contributed by atoms with Gasteiger partial charge in [-0.3, -0.25) is 9.59 Å². The van der Waals surface area contributed by atoms with Crippen LogP contribution < -0.4 is 11.1 Å². The van der Waals surface area contributed by atoms with Crippen LogP contribution in [0.4, 0.5) is 5.69 Å². The Hall–Kier alpha value is -2.12. The van der Waals surface area contributed by atoms with Gasteiger partial charge in [-0.25, -0.2) is 0 Å². The Morgan fingerprint density at radius 2 is 1.90 bits per heavy atom. The molecular formula is C23H27Cl2N3O3. The number of amides is 2. The lowest BCUT2D eigenvalue weighted by atomic mass is 9.89. The number of rotatable bonds is 7. The number of hydrogen-bond acceptors (Lipinski definition) is 4. The van der Waals surface area contributed by atoms with E-state index in [0.717, 1.165) is 11.1 Å². The summed E-state index contributed by atoms with van der Waals surface area (Å²) in [5, 5.41) is 13.7. The molecule has 0 radical (unpaired) electrons. The van der Waals surface area contributed by atoms with Gasteiger partial charge >= 0.3 is 0 Å². The van der Waals surface area contributed by atoms with Crippen molar-refractivity contribution >= 4 is 40.7 Å². The van der Waals surface area contributed by atoms with Gasteiger partial charge in [0.1, 0.15) is 0 Å². The van der Waals surface area contributed by atoms with Gasteiger partial charge in [0.05, 0.1) is 10.7 Å². The van der Waals surface area contributed by atoms with Gasteiger partial charge in [-0.15, -0.1) is 0 Å². The van der Waals surface area contributed by atoms with Crippen LogP contribution in [0.1, 0.15) is 30.4 Å². The predicted octanol–water partition coefficient (Wildman–Crippen LogP) is 3.45. The molecule has 1 aliphatic heterocycles. The molecular weight excluding hydrogens is 437 g/mol. The first kappa shape index (κ1) is 23.5. The van der Waals surface area contributed by atoms with Crippen LogP contribution in [-0.4, -0.2) is 47.6 Å². The minimum atomic E-state index is -0.304. The van der Waals surface area contributed by atoms with Gasteiger partial charge in [0.2, 0.25) is 11.8 Å². The second kappa shape index (κ2) is 10.5. The summed E-state index contributed by atoms with van der Waals surface area (Å²) >= 11 is 12.1. The largest absolute Gasteiger partial charge is 0.396 e. The maximum atomic E-state index is 12.9. The number of aliphatic hydroxyl groups excluding tert-OH is 1. The number of aliphatic hydroxyl groups is 1. The summed E-state index contributed by atoms with van der Waals surface area (Å²) < 4.78 is 0.